The second kappa shape index (κ2) is 16.6. The molecule has 0 saturated carbocycles. The predicted molar refractivity (Wildman–Crippen MR) is 144 cm³/mol. The first-order valence-corrected chi connectivity index (χ1v) is 12.9. The summed E-state index contributed by atoms with van der Waals surface area (Å²) in [5, 5.41) is 23.9. The number of rotatable bonds is 10. The Balaban J connectivity index is 3.35. The highest BCUT2D eigenvalue weighted by atomic mass is 16.4. The first-order chi connectivity index (χ1) is 19.1. The summed E-state index contributed by atoms with van der Waals surface area (Å²) in [6.07, 6.45) is 0.510. The van der Waals surface area contributed by atoms with Crippen LogP contribution in [-0.2, 0) is 33.6 Å². The monoisotopic (exact) mass is 584 g/mol. The second-order valence-electron chi connectivity index (χ2n) is 9.51. The molecule has 13 N–H and O–H groups in total. The molecule has 1 aliphatic heterocycles. The number of guanidine groups is 1. The van der Waals surface area contributed by atoms with E-state index in [-0.39, 0.29) is 50.6 Å². The van der Waals surface area contributed by atoms with Gasteiger partial charge in [-0.2, -0.15) is 0 Å². The van der Waals surface area contributed by atoms with Gasteiger partial charge in [0.15, 0.2) is 5.96 Å². The zero-order valence-corrected chi connectivity index (χ0v) is 23.2. The molecule has 1 saturated heterocycles. The van der Waals surface area contributed by atoms with Crippen molar-refractivity contribution in [1.29, 1.82) is 0 Å². The van der Waals surface area contributed by atoms with Gasteiger partial charge in [-0.3, -0.25) is 38.6 Å². The summed E-state index contributed by atoms with van der Waals surface area (Å²) in [4.78, 5) is 91.5. The molecule has 0 aliphatic carbocycles. The van der Waals surface area contributed by atoms with Crippen molar-refractivity contribution in [3.8, 4) is 0 Å². The number of aliphatic carboxylic acids is 1. The molecule has 6 atom stereocenters. The number of nitrogens with one attached hydrogen (secondary N) is 6. The van der Waals surface area contributed by atoms with Gasteiger partial charge in [0, 0.05) is 20.0 Å². The maximum Gasteiger partial charge on any atom is 0.323 e. The second-order valence-corrected chi connectivity index (χ2v) is 9.51. The minimum absolute atomic E-state index is 0.0287. The molecule has 41 heavy (non-hydrogen) atoms. The summed E-state index contributed by atoms with van der Waals surface area (Å²) in [6.45, 7) is 4.24. The number of carbonyl (C=O) groups excluding carboxylic acids is 6. The van der Waals surface area contributed by atoms with E-state index in [0.717, 1.165) is 0 Å². The molecule has 1 fully saturated rings. The van der Waals surface area contributed by atoms with Gasteiger partial charge >= 0.3 is 5.97 Å². The van der Waals surface area contributed by atoms with Gasteiger partial charge in [-0.25, -0.2) is 0 Å². The lowest BCUT2D eigenvalue weighted by Gasteiger charge is -2.26. The van der Waals surface area contributed by atoms with Gasteiger partial charge < -0.3 is 54.2 Å². The lowest BCUT2D eigenvalue weighted by Crippen LogP contribution is -2.63. The topological polar surface area (TPSA) is 302 Å². The number of hydrogen-bond acceptors (Lipinski definition) is 9. The number of carbonyl (C=O) groups is 7. The molecule has 18 heteroatoms. The number of amides is 6. The number of nitrogens with zero attached hydrogens (tertiary/aromatic N) is 1. The summed E-state index contributed by atoms with van der Waals surface area (Å²) in [5.41, 5.74) is 16.3. The lowest BCUT2D eigenvalue weighted by atomic mass is 10.0. The van der Waals surface area contributed by atoms with Crippen LogP contribution in [0.1, 0.15) is 46.5 Å². The predicted octanol–water partition coefficient (Wildman–Crippen LogP) is -5.15. The number of aliphatic imine (C=N–C) groups is 1. The minimum atomic E-state index is -1.91. The molecular formula is C23H40N10O8. The molecule has 0 radical (unpaired) electrons. The van der Waals surface area contributed by atoms with Gasteiger partial charge in [0.05, 0.1) is 0 Å². The number of nitrogens with two attached hydrogens (primary N) is 3. The third-order valence-corrected chi connectivity index (χ3v) is 5.98. The van der Waals surface area contributed by atoms with E-state index in [4.69, 9.17) is 17.2 Å². The Labute approximate surface area is 236 Å². The van der Waals surface area contributed by atoms with E-state index in [1.165, 1.54) is 20.8 Å². The van der Waals surface area contributed by atoms with Gasteiger partial charge in [0.25, 0.3) is 0 Å². The first-order valence-electron chi connectivity index (χ1n) is 12.9. The summed E-state index contributed by atoms with van der Waals surface area (Å²) in [7, 11) is 0. The van der Waals surface area contributed by atoms with Gasteiger partial charge in [0.2, 0.25) is 35.4 Å². The first kappa shape index (κ1) is 34.5. The highest BCUT2D eigenvalue weighted by Gasteiger charge is 2.37. The fraction of sp³-hybridized carbons (Fsp3) is 0.652. The average Bonchev–Trinajstić information content (AvgIpc) is 2.88. The van der Waals surface area contributed by atoms with Crippen LogP contribution in [-0.4, -0.2) is 102 Å². The van der Waals surface area contributed by atoms with Crippen molar-refractivity contribution in [2.45, 2.75) is 82.7 Å². The van der Waals surface area contributed by atoms with E-state index in [1.807, 2.05) is 0 Å². The van der Waals surface area contributed by atoms with E-state index in [9.17, 15) is 38.7 Å². The summed E-state index contributed by atoms with van der Waals surface area (Å²) in [5.74, 6) is -6.44. The fourth-order valence-corrected chi connectivity index (χ4v) is 3.67. The van der Waals surface area contributed by atoms with Crippen molar-refractivity contribution in [2.24, 2.45) is 22.2 Å². The van der Waals surface area contributed by atoms with Crippen molar-refractivity contribution >= 4 is 47.4 Å². The molecule has 0 aromatic heterocycles. The van der Waals surface area contributed by atoms with Gasteiger partial charge in [-0.1, -0.05) is 0 Å². The van der Waals surface area contributed by atoms with Gasteiger partial charge in [-0.05, 0) is 39.5 Å². The number of carboxylic acid groups (broad SMARTS) is 1. The molecule has 6 amide bonds. The molecule has 1 unspecified atom stereocenters. The Hall–Kier alpha value is -4.48. The van der Waals surface area contributed by atoms with Crippen LogP contribution in [0.2, 0.25) is 0 Å². The van der Waals surface area contributed by atoms with E-state index in [0.29, 0.717) is 0 Å². The van der Waals surface area contributed by atoms with E-state index in [2.05, 4.69) is 36.9 Å². The molecular weight excluding hydrogens is 544 g/mol. The zero-order chi connectivity index (χ0) is 31.3. The summed E-state index contributed by atoms with van der Waals surface area (Å²) >= 11 is 0. The minimum Gasteiger partial charge on any atom is -0.480 e. The van der Waals surface area contributed by atoms with E-state index >= 15 is 0 Å². The standard InChI is InChI=1S/C23H40N10O8/c1-10-17(35)31-13(7-5-9-28-23(25)26)19(37)30-11(2)18(36)33-16(15(24)22(40)41)21(39)32-14(20(38)29-10)6-4-8-27-12(3)34/h10-11,13-16H,4-9,24H2,1-3H3,(H,27,34)(H,29,38)(H,30,37)(H,31,35)(H,32,39)(H,33,36)(H,40,41)(H4,25,26,28)/t10-,11-,13-,14-,15?,16-/m0/s1. The van der Waals surface area contributed by atoms with Crippen LogP contribution in [0.25, 0.3) is 0 Å². The van der Waals surface area contributed by atoms with Crippen LogP contribution in [0.3, 0.4) is 0 Å². The smallest absolute Gasteiger partial charge is 0.323 e. The summed E-state index contributed by atoms with van der Waals surface area (Å²) < 4.78 is 0. The number of hydrogen-bond donors (Lipinski definition) is 10. The van der Waals surface area contributed by atoms with Crippen molar-refractivity contribution in [2.75, 3.05) is 13.1 Å². The normalized spacial score (nSPS) is 25.1. The van der Waals surface area contributed by atoms with Crippen molar-refractivity contribution in [3.63, 3.8) is 0 Å². The highest BCUT2D eigenvalue weighted by Crippen LogP contribution is 2.05. The SMILES string of the molecule is CC(=O)NCCC[C@@H]1NC(=O)[C@H](C(N)C(=O)O)NC(=O)[C@H](C)NC(=O)[C@H](CCCN=C(N)N)NC(=O)[C@H](C)NC1=O. The Morgan fingerprint density at radius 1 is 0.829 bits per heavy atom. The Kier molecular flexibility index (Phi) is 14.0. The van der Waals surface area contributed by atoms with Gasteiger partial charge in [0.1, 0.15) is 36.3 Å². The Morgan fingerprint density at radius 2 is 1.32 bits per heavy atom. The molecule has 18 nitrogen and oxygen atoms in total. The fourth-order valence-electron chi connectivity index (χ4n) is 3.67. The van der Waals surface area contributed by atoms with E-state index < -0.39 is 71.8 Å². The molecule has 0 spiro atoms. The van der Waals surface area contributed by atoms with Crippen LogP contribution in [0.5, 0.6) is 0 Å². The Morgan fingerprint density at radius 3 is 1.80 bits per heavy atom. The third-order valence-electron chi connectivity index (χ3n) is 5.98. The average molecular weight is 585 g/mol. The molecule has 1 heterocycles. The van der Waals surface area contributed by atoms with Crippen molar-refractivity contribution in [3.05, 3.63) is 0 Å². The van der Waals surface area contributed by atoms with E-state index in [1.54, 1.807) is 0 Å². The van der Waals surface area contributed by atoms with Crippen LogP contribution in [0, 0.1) is 0 Å². The zero-order valence-electron chi connectivity index (χ0n) is 23.2. The van der Waals surface area contributed by atoms with Crippen LogP contribution in [0.15, 0.2) is 4.99 Å². The number of carboxylic acids is 1. The van der Waals surface area contributed by atoms with Crippen molar-refractivity contribution in [1.82, 2.24) is 31.9 Å². The van der Waals surface area contributed by atoms with Crippen LogP contribution < -0.4 is 49.1 Å². The third kappa shape index (κ3) is 12.1. The Bertz CT molecular complexity index is 1030. The molecule has 0 aromatic rings. The maximum absolute atomic E-state index is 13.1. The quantitative estimate of drug-likeness (QED) is 0.0657. The molecule has 1 rings (SSSR count). The van der Waals surface area contributed by atoms with Crippen LogP contribution in [0.4, 0.5) is 0 Å². The largest absolute Gasteiger partial charge is 0.480 e. The molecule has 0 bridgehead atoms. The molecule has 0 aromatic carbocycles. The molecule has 1 aliphatic rings. The lowest BCUT2D eigenvalue weighted by molar-refractivity contribution is -0.143. The summed E-state index contributed by atoms with van der Waals surface area (Å²) in [6, 6.07) is -8.67. The van der Waals surface area contributed by atoms with Gasteiger partial charge in [-0.15, -0.1) is 0 Å². The highest BCUT2D eigenvalue weighted by molar-refractivity contribution is 5.99. The van der Waals surface area contributed by atoms with Crippen molar-refractivity contribution < 1.29 is 38.7 Å². The maximum atomic E-state index is 13.1. The molecule has 230 valence electrons. The van der Waals surface area contributed by atoms with Crippen LogP contribution >= 0.6 is 0 Å².